The fourth-order valence-corrected chi connectivity index (χ4v) is 1.63. The molecular weight excluding hydrogens is 184 g/mol. The minimum atomic E-state index is 0.162. The van der Waals surface area contributed by atoms with E-state index in [2.05, 4.69) is 32.0 Å². The molecule has 0 aromatic heterocycles. The Morgan fingerprint density at radius 2 is 1.93 bits per heavy atom. The molecule has 0 radical (unpaired) electrons. The van der Waals surface area contributed by atoms with E-state index in [9.17, 15) is 4.79 Å². The van der Waals surface area contributed by atoms with E-state index in [-0.39, 0.29) is 5.92 Å². The van der Waals surface area contributed by atoms with Crippen molar-refractivity contribution in [2.75, 3.05) is 0 Å². The van der Waals surface area contributed by atoms with Crippen molar-refractivity contribution < 1.29 is 4.79 Å². The van der Waals surface area contributed by atoms with Gasteiger partial charge in [-0.25, -0.2) is 0 Å². The Labute approximate surface area is 92.5 Å². The van der Waals surface area contributed by atoms with Gasteiger partial charge in [0.05, 0.1) is 0 Å². The highest BCUT2D eigenvalue weighted by Crippen LogP contribution is 2.15. The predicted octanol–water partition coefficient (Wildman–Crippen LogP) is 3.46. The van der Waals surface area contributed by atoms with E-state index in [0.717, 1.165) is 6.42 Å². The molecule has 0 fully saturated rings. The summed E-state index contributed by atoms with van der Waals surface area (Å²) in [7, 11) is 0. The van der Waals surface area contributed by atoms with Crippen molar-refractivity contribution in [2.45, 2.75) is 40.5 Å². The Hall–Kier alpha value is -1.11. The molecule has 1 aromatic carbocycles. The SMILES string of the molecule is Cc1cccc(CCC(=O)C(C)C)c1C. The molecule has 82 valence electrons. The molecule has 0 atom stereocenters. The average Bonchev–Trinajstić information content (AvgIpc) is 2.19. The zero-order valence-corrected chi connectivity index (χ0v) is 10.1. The van der Waals surface area contributed by atoms with Crippen LogP contribution < -0.4 is 0 Å². The van der Waals surface area contributed by atoms with Gasteiger partial charge in [-0.2, -0.15) is 0 Å². The van der Waals surface area contributed by atoms with Crippen LogP contribution in [-0.2, 0) is 11.2 Å². The van der Waals surface area contributed by atoms with Gasteiger partial charge in [-0.3, -0.25) is 4.79 Å². The lowest BCUT2D eigenvalue weighted by Gasteiger charge is -2.09. The average molecular weight is 204 g/mol. The van der Waals surface area contributed by atoms with Crippen molar-refractivity contribution in [3.63, 3.8) is 0 Å². The van der Waals surface area contributed by atoms with Gasteiger partial charge in [0.2, 0.25) is 0 Å². The number of ketones is 1. The first-order valence-electron chi connectivity index (χ1n) is 5.60. The lowest BCUT2D eigenvalue weighted by Crippen LogP contribution is -2.08. The first kappa shape index (κ1) is 12.0. The Kier molecular flexibility index (Phi) is 4.07. The van der Waals surface area contributed by atoms with Gasteiger partial charge >= 0.3 is 0 Å². The second-order valence-electron chi connectivity index (χ2n) is 4.48. The second kappa shape index (κ2) is 5.11. The highest BCUT2D eigenvalue weighted by atomic mass is 16.1. The molecule has 0 amide bonds. The normalized spacial score (nSPS) is 10.7. The number of aryl methyl sites for hydroxylation is 2. The van der Waals surface area contributed by atoms with E-state index >= 15 is 0 Å². The van der Waals surface area contributed by atoms with Crippen molar-refractivity contribution >= 4 is 5.78 Å². The van der Waals surface area contributed by atoms with Crippen molar-refractivity contribution in [3.8, 4) is 0 Å². The van der Waals surface area contributed by atoms with Crippen LogP contribution in [0.3, 0.4) is 0 Å². The minimum absolute atomic E-state index is 0.162. The first-order valence-corrected chi connectivity index (χ1v) is 5.60. The van der Waals surface area contributed by atoms with Gasteiger partial charge in [-0.15, -0.1) is 0 Å². The Morgan fingerprint density at radius 1 is 1.27 bits per heavy atom. The molecule has 1 heteroatoms. The Bertz CT molecular complexity index is 350. The van der Waals surface area contributed by atoms with E-state index in [4.69, 9.17) is 0 Å². The third-order valence-electron chi connectivity index (χ3n) is 3.00. The topological polar surface area (TPSA) is 17.1 Å². The second-order valence-corrected chi connectivity index (χ2v) is 4.48. The molecule has 0 aliphatic rings. The molecule has 0 N–H and O–H groups in total. The van der Waals surface area contributed by atoms with Crippen molar-refractivity contribution in [1.29, 1.82) is 0 Å². The van der Waals surface area contributed by atoms with Gasteiger partial charge in [0.1, 0.15) is 5.78 Å². The van der Waals surface area contributed by atoms with Crippen LogP contribution in [0.4, 0.5) is 0 Å². The quantitative estimate of drug-likeness (QED) is 0.734. The Balaban J connectivity index is 2.66. The van der Waals surface area contributed by atoms with Crippen LogP contribution >= 0.6 is 0 Å². The maximum atomic E-state index is 11.5. The highest BCUT2D eigenvalue weighted by molar-refractivity contribution is 5.80. The third kappa shape index (κ3) is 3.19. The summed E-state index contributed by atoms with van der Waals surface area (Å²) in [6.07, 6.45) is 1.55. The molecule has 1 nitrogen and oxygen atoms in total. The lowest BCUT2D eigenvalue weighted by atomic mass is 9.96. The summed E-state index contributed by atoms with van der Waals surface area (Å²) >= 11 is 0. The summed E-state index contributed by atoms with van der Waals surface area (Å²) in [5.41, 5.74) is 3.95. The monoisotopic (exact) mass is 204 g/mol. The van der Waals surface area contributed by atoms with Gasteiger partial charge in [0.25, 0.3) is 0 Å². The summed E-state index contributed by atoms with van der Waals surface area (Å²) in [4.78, 5) is 11.5. The molecule has 0 unspecified atom stereocenters. The molecule has 1 aromatic rings. The summed E-state index contributed by atoms with van der Waals surface area (Å²) in [6.45, 7) is 8.17. The fourth-order valence-electron chi connectivity index (χ4n) is 1.63. The highest BCUT2D eigenvalue weighted by Gasteiger charge is 2.08. The summed E-state index contributed by atoms with van der Waals surface area (Å²) < 4.78 is 0. The molecule has 15 heavy (non-hydrogen) atoms. The van der Waals surface area contributed by atoms with Crippen molar-refractivity contribution in [2.24, 2.45) is 5.92 Å². The maximum absolute atomic E-state index is 11.5. The number of carbonyl (C=O) groups excluding carboxylic acids is 1. The Morgan fingerprint density at radius 3 is 2.53 bits per heavy atom. The van der Waals surface area contributed by atoms with Crippen LogP contribution in [-0.4, -0.2) is 5.78 Å². The van der Waals surface area contributed by atoms with E-state index in [1.165, 1.54) is 16.7 Å². The molecule has 0 saturated heterocycles. The first-order chi connectivity index (χ1) is 7.02. The van der Waals surface area contributed by atoms with Gasteiger partial charge in [0.15, 0.2) is 0 Å². The van der Waals surface area contributed by atoms with Crippen LogP contribution in [0.15, 0.2) is 18.2 Å². The summed E-state index contributed by atoms with van der Waals surface area (Å²) in [6, 6.07) is 6.30. The van der Waals surface area contributed by atoms with Crippen LogP contribution in [0.2, 0.25) is 0 Å². The van der Waals surface area contributed by atoms with Crippen LogP contribution in [0, 0.1) is 19.8 Å². The molecule has 0 aliphatic carbocycles. The van der Waals surface area contributed by atoms with Gasteiger partial charge in [-0.1, -0.05) is 32.0 Å². The zero-order chi connectivity index (χ0) is 11.4. The minimum Gasteiger partial charge on any atom is -0.299 e. The molecular formula is C14H20O. The number of carbonyl (C=O) groups is 1. The lowest BCUT2D eigenvalue weighted by molar-refractivity contribution is -0.121. The standard InChI is InChI=1S/C14H20O/c1-10(2)14(15)9-8-13-7-5-6-11(3)12(13)4/h5-7,10H,8-9H2,1-4H3. The number of Topliss-reactive ketones (excluding diaryl/α,β-unsaturated/α-hetero) is 1. The number of hydrogen-bond acceptors (Lipinski definition) is 1. The van der Waals surface area contributed by atoms with Crippen molar-refractivity contribution in [1.82, 2.24) is 0 Å². The largest absolute Gasteiger partial charge is 0.299 e. The van der Waals surface area contributed by atoms with E-state index in [0.29, 0.717) is 12.2 Å². The van der Waals surface area contributed by atoms with Gasteiger partial charge < -0.3 is 0 Å². The van der Waals surface area contributed by atoms with Crippen LogP contribution in [0.1, 0.15) is 37.0 Å². The zero-order valence-electron chi connectivity index (χ0n) is 10.1. The van der Waals surface area contributed by atoms with Crippen molar-refractivity contribution in [3.05, 3.63) is 34.9 Å². The smallest absolute Gasteiger partial charge is 0.135 e. The van der Waals surface area contributed by atoms with Gasteiger partial charge in [-0.05, 0) is 37.0 Å². The van der Waals surface area contributed by atoms with E-state index in [1.54, 1.807) is 0 Å². The van der Waals surface area contributed by atoms with E-state index in [1.807, 2.05) is 13.8 Å². The molecule has 0 saturated carbocycles. The summed E-state index contributed by atoms with van der Waals surface area (Å²) in [5, 5.41) is 0. The molecule has 0 spiro atoms. The molecule has 0 aliphatic heterocycles. The summed E-state index contributed by atoms with van der Waals surface area (Å²) in [5.74, 6) is 0.519. The number of rotatable bonds is 4. The van der Waals surface area contributed by atoms with Crippen LogP contribution in [0.25, 0.3) is 0 Å². The maximum Gasteiger partial charge on any atom is 0.135 e. The molecule has 0 heterocycles. The molecule has 0 bridgehead atoms. The van der Waals surface area contributed by atoms with Crippen LogP contribution in [0.5, 0.6) is 0 Å². The third-order valence-corrected chi connectivity index (χ3v) is 3.00. The number of benzene rings is 1. The number of hydrogen-bond donors (Lipinski definition) is 0. The fraction of sp³-hybridized carbons (Fsp3) is 0.500. The molecule has 1 rings (SSSR count). The predicted molar refractivity (Wildman–Crippen MR) is 64.1 cm³/mol. The van der Waals surface area contributed by atoms with E-state index < -0.39 is 0 Å². The van der Waals surface area contributed by atoms with Gasteiger partial charge in [0, 0.05) is 12.3 Å².